The number of allylic oxidation sites excluding steroid dienone is 1. The molecule has 1 aromatic carbocycles. The maximum absolute atomic E-state index is 5.65. The zero-order valence-corrected chi connectivity index (χ0v) is 10.6. The van der Waals surface area contributed by atoms with Crippen LogP contribution >= 0.6 is 0 Å². The number of aromatic amines is 1. The molecule has 0 unspecified atom stereocenters. The number of ether oxygens (including phenoxy) is 1. The van der Waals surface area contributed by atoms with Crippen molar-refractivity contribution in [3.63, 3.8) is 0 Å². The fraction of sp³-hybridized carbons (Fsp3) is 0.133. The summed E-state index contributed by atoms with van der Waals surface area (Å²) in [5.41, 5.74) is 2.88. The molecule has 2 aromatic rings. The van der Waals surface area contributed by atoms with Gasteiger partial charge in [0.2, 0.25) is 0 Å². The second-order valence-electron chi connectivity index (χ2n) is 3.96. The molecule has 0 bridgehead atoms. The van der Waals surface area contributed by atoms with E-state index in [0.717, 1.165) is 17.1 Å². The summed E-state index contributed by atoms with van der Waals surface area (Å²) in [6.45, 7) is 7.72. The van der Waals surface area contributed by atoms with Gasteiger partial charge in [0.25, 0.3) is 6.01 Å². The van der Waals surface area contributed by atoms with Gasteiger partial charge in [-0.3, -0.25) is 0 Å². The predicted octanol–water partition coefficient (Wildman–Crippen LogP) is 4.19. The molecule has 1 aromatic heterocycles. The lowest BCUT2D eigenvalue weighted by molar-refractivity contribution is 0.447. The van der Waals surface area contributed by atoms with Crippen LogP contribution in [0, 0.1) is 6.92 Å². The molecule has 0 spiro atoms. The third-order valence-electron chi connectivity index (χ3n) is 2.50. The molecule has 0 aliphatic carbocycles. The van der Waals surface area contributed by atoms with Crippen LogP contribution in [0.2, 0.25) is 0 Å². The molecule has 1 N–H and O–H groups in total. The van der Waals surface area contributed by atoms with Gasteiger partial charge in [0, 0.05) is 0 Å². The molecule has 0 aliphatic rings. The van der Waals surface area contributed by atoms with Crippen molar-refractivity contribution in [1.82, 2.24) is 9.97 Å². The first kappa shape index (κ1) is 12.2. The van der Waals surface area contributed by atoms with Crippen LogP contribution in [0.25, 0.3) is 12.2 Å². The monoisotopic (exact) mass is 240 g/mol. The fourth-order valence-electron chi connectivity index (χ4n) is 1.59. The van der Waals surface area contributed by atoms with Gasteiger partial charge in [-0.2, -0.15) is 4.98 Å². The fourth-order valence-corrected chi connectivity index (χ4v) is 1.59. The van der Waals surface area contributed by atoms with Crippen molar-refractivity contribution in [2.45, 2.75) is 13.8 Å². The van der Waals surface area contributed by atoms with Gasteiger partial charge >= 0.3 is 0 Å². The molecule has 0 saturated heterocycles. The number of hydrogen-bond acceptors (Lipinski definition) is 2. The van der Waals surface area contributed by atoms with Gasteiger partial charge in [-0.05, 0) is 38.1 Å². The second kappa shape index (κ2) is 5.36. The van der Waals surface area contributed by atoms with Crippen LogP contribution in [-0.2, 0) is 0 Å². The van der Waals surface area contributed by atoms with E-state index in [2.05, 4.69) is 16.5 Å². The molecule has 1 heterocycles. The van der Waals surface area contributed by atoms with Crippen molar-refractivity contribution in [1.29, 1.82) is 0 Å². The Morgan fingerprint density at radius 2 is 2.00 bits per heavy atom. The topological polar surface area (TPSA) is 37.9 Å². The Bertz CT molecular complexity index is 565. The van der Waals surface area contributed by atoms with Gasteiger partial charge in [0.1, 0.15) is 5.75 Å². The van der Waals surface area contributed by atoms with Crippen LogP contribution in [0.1, 0.15) is 23.9 Å². The highest BCUT2D eigenvalue weighted by atomic mass is 16.5. The number of rotatable bonds is 4. The third-order valence-corrected chi connectivity index (χ3v) is 2.50. The van der Waals surface area contributed by atoms with Gasteiger partial charge in [0.05, 0.1) is 11.4 Å². The summed E-state index contributed by atoms with van der Waals surface area (Å²) in [4.78, 5) is 7.42. The summed E-state index contributed by atoms with van der Waals surface area (Å²) in [7, 11) is 0. The van der Waals surface area contributed by atoms with Gasteiger partial charge in [-0.25, -0.2) is 0 Å². The van der Waals surface area contributed by atoms with E-state index >= 15 is 0 Å². The number of imidazole rings is 1. The molecule has 18 heavy (non-hydrogen) atoms. The first-order chi connectivity index (χ1) is 8.72. The van der Waals surface area contributed by atoms with E-state index in [0.29, 0.717) is 6.01 Å². The highest BCUT2D eigenvalue weighted by molar-refractivity contribution is 5.59. The average molecular weight is 240 g/mol. The number of hydrogen-bond donors (Lipinski definition) is 1. The van der Waals surface area contributed by atoms with Crippen LogP contribution in [-0.4, -0.2) is 9.97 Å². The van der Waals surface area contributed by atoms with Crippen LogP contribution in [0.15, 0.2) is 36.9 Å². The Hall–Kier alpha value is -2.29. The third kappa shape index (κ3) is 2.69. The minimum atomic E-state index is 0.474. The molecule has 0 atom stereocenters. The maximum Gasteiger partial charge on any atom is 0.300 e. The first-order valence-corrected chi connectivity index (χ1v) is 5.82. The van der Waals surface area contributed by atoms with E-state index in [9.17, 15) is 0 Å². The van der Waals surface area contributed by atoms with E-state index in [1.165, 1.54) is 5.56 Å². The summed E-state index contributed by atoms with van der Waals surface area (Å²) in [5, 5.41) is 0. The van der Waals surface area contributed by atoms with E-state index in [1.54, 1.807) is 6.08 Å². The number of nitrogens with zero attached hydrogens (tertiary/aromatic N) is 1. The molecule has 3 heteroatoms. The Balaban J connectivity index is 2.24. The summed E-state index contributed by atoms with van der Waals surface area (Å²) in [6.07, 6.45) is 5.58. The smallest absolute Gasteiger partial charge is 0.300 e. The lowest BCUT2D eigenvalue weighted by atomic mass is 10.2. The number of aromatic nitrogens is 2. The maximum atomic E-state index is 5.65. The van der Waals surface area contributed by atoms with E-state index in [4.69, 9.17) is 4.74 Å². The minimum Gasteiger partial charge on any atom is -0.426 e. The standard InChI is InChI=1S/C15H16N2O/c1-4-6-14-13(5-2)16-15(17-14)18-12-9-7-11(3)8-10-12/h4-10H,2H2,1,3H3,(H,16,17)/b6-4-. The highest BCUT2D eigenvalue weighted by Crippen LogP contribution is 2.21. The van der Waals surface area contributed by atoms with Crippen LogP contribution in [0.3, 0.4) is 0 Å². The lowest BCUT2D eigenvalue weighted by Gasteiger charge is -2.01. The van der Waals surface area contributed by atoms with Crippen LogP contribution in [0.4, 0.5) is 0 Å². The normalized spacial score (nSPS) is 10.8. The largest absolute Gasteiger partial charge is 0.426 e. The van der Waals surface area contributed by atoms with Crippen molar-refractivity contribution >= 4 is 12.2 Å². The number of benzene rings is 1. The van der Waals surface area contributed by atoms with Crippen molar-refractivity contribution in [3.8, 4) is 11.8 Å². The molecule has 2 rings (SSSR count). The molecule has 0 fully saturated rings. The molecule has 3 nitrogen and oxygen atoms in total. The Kier molecular flexibility index (Phi) is 3.63. The average Bonchev–Trinajstić information content (AvgIpc) is 2.75. The molecule has 0 amide bonds. The molecule has 0 saturated carbocycles. The first-order valence-electron chi connectivity index (χ1n) is 5.82. The summed E-state index contributed by atoms with van der Waals surface area (Å²) < 4.78 is 5.65. The lowest BCUT2D eigenvalue weighted by Crippen LogP contribution is -1.86. The van der Waals surface area contributed by atoms with Crippen molar-refractivity contribution in [3.05, 3.63) is 53.9 Å². The van der Waals surface area contributed by atoms with Crippen LogP contribution < -0.4 is 4.74 Å². The zero-order valence-electron chi connectivity index (χ0n) is 10.6. The number of aryl methyl sites for hydroxylation is 1. The molecule has 0 radical (unpaired) electrons. The number of nitrogens with one attached hydrogen (secondary N) is 1. The zero-order chi connectivity index (χ0) is 13.0. The van der Waals surface area contributed by atoms with Crippen molar-refractivity contribution in [2.24, 2.45) is 0 Å². The SMILES string of the molecule is C=Cc1nc(Oc2ccc(C)cc2)[nH]c1/C=C\C. The van der Waals surface area contributed by atoms with Gasteiger partial charge in [0.15, 0.2) is 0 Å². The molecule has 92 valence electrons. The molecular weight excluding hydrogens is 224 g/mol. The Labute approximate surface area is 107 Å². The molecule has 0 aliphatic heterocycles. The van der Waals surface area contributed by atoms with Gasteiger partial charge in [-0.1, -0.05) is 30.4 Å². The summed E-state index contributed by atoms with van der Waals surface area (Å²) >= 11 is 0. The summed E-state index contributed by atoms with van der Waals surface area (Å²) in [5.74, 6) is 0.761. The highest BCUT2D eigenvalue weighted by Gasteiger charge is 2.06. The molecular formula is C15H16N2O. The van der Waals surface area contributed by atoms with Crippen LogP contribution in [0.5, 0.6) is 11.8 Å². The predicted molar refractivity (Wildman–Crippen MR) is 74.6 cm³/mol. The summed E-state index contributed by atoms with van der Waals surface area (Å²) in [6, 6.07) is 8.31. The Morgan fingerprint density at radius 3 is 2.61 bits per heavy atom. The quantitative estimate of drug-likeness (QED) is 0.870. The second-order valence-corrected chi connectivity index (χ2v) is 3.96. The van der Waals surface area contributed by atoms with Crippen molar-refractivity contribution in [2.75, 3.05) is 0 Å². The van der Waals surface area contributed by atoms with Crippen molar-refractivity contribution < 1.29 is 4.74 Å². The Morgan fingerprint density at radius 1 is 1.28 bits per heavy atom. The van der Waals surface area contributed by atoms with Gasteiger partial charge < -0.3 is 9.72 Å². The van der Waals surface area contributed by atoms with E-state index in [-0.39, 0.29) is 0 Å². The minimum absolute atomic E-state index is 0.474. The van der Waals surface area contributed by atoms with E-state index in [1.807, 2.05) is 50.3 Å². The van der Waals surface area contributed by atoms with Gasteiger partial charge in [-0.15, -0.1) is 0 Å². The van der Waals surface area contributed by atoms with E-state index < -0.39 is 0 Å². The number of H-pyrrole nitrogens is 1.